The number of hydrogen-bond donors (Lipinski definition) is 2. The predicted octanol–water partition coefficient (Wildman–Crippen LogP) is 4.20. The van der Waals surface area contributed by atoms with Crippen LogP contribution in [0, 0.1) is 23.7 Å². The van der Waals surface area contributed by atoms with Crippen LogP contribution in [0.3, 0.4) is 0 Å². The van der Waals surface area contributed by atoms with E-state index in [4.69, 9.17) is 4.43 Å². The Labute approximate surface area is 145 Å². The maximum atomic E-state index is 10.6. The fourth-order valence-corrected chi connectivity index (χ4v) is 9.44. The molecule has 0 aromatic rings. The third kappa shape index (κ3) is 5.60. The van der Waals surface area contributed by atoms with Crippen molar-refractivity contribution in [3.05, 3.63) is 0 Å². The van der Waals surface area contributed by atoms with Gasteiger partial charge in [-0.3, -0.25) is 0 Å². The van der Waals surface area contributed by atoms with Gasteiger partial charge >= 0.3 is 0 Å². The van der Waals surface area contributed by atoms with Crippen LogP contribution in [0.4, 0.5) is 0 Å². The molecule has 0 aromatic carbocycles. The van der Waals surface area contributed by atoms with E-state index in [0.717, 1.165) is 0 Å². The van der Waals surface area contributed by atoms with Gasteiger partial charge in [-0.2, -0.15) is 0 Å². The maximum absolute atomic E-state index is 10.6. The maximum Gasteiger partial charge on any atom is 0.200 e. The Balaban J connectivity index is 5.13. The van der Waals surface area contributed by atoms with Gasteiger partial charge in [0.25, 0.3) is 0 Å². The Kier molecular flexibility index (Phi) is 9.69. The molecule has 2 N–H and O–H groups in total. The first-order valence-corrected chi connectivity index (χ1v) is 11.1. The highest BCUT2D eigenvalue weighted by atomic mass is 28.4. The van der Waals surface area contributed by atoms with Crippen LogP contribution in [0.2, 0.25) is 16.6 Å². The Bertz CT molecular complexity index is 371. The lowest BCUT2D eigenvalue weighted by atomic mass is 9.86. The summed E-state index contributed by atoms with van der Waals surface area (Å²) in [6.07, 6.45) is -1.17. The quantitative estimate of drug-likeness (QED) is 0.488. The zero-order valence-corrected chi connectivity index (χ0v) is 17.6. The van der Waals surface area contributed by atoms with Crippen LogP contribution >= 0.6 is 0 Å². The van der Waals surface area contributed by atoms with Gasteiger partial charge in [0.1, 0.15) is 0 Å². The fourth-order valence-electron chi connectivity index (χ4n) is 3.98. The van der Waals surface area contributed by atoms with Crippen molar-refractivity contribution < 1.29 is 14.6 Å². The normalized spacial score (nSPS) is 17.8. The summed E-state index contributed by atoms with van der Waals surface area (Å²) in [7, 11) is -1.98. The molecule has 3 nitrogen and oxygen atoms in total. The Morgan fingerprint density at radius 2 is 1.30 bits per heavy atom. The van der Waals surface area contributed by atoms with E-state index in [2.05, 4.69) is 53.4 Å². The average molecular weight is 343 g/mol. The summed E-state index contributed by atoms with van der Waals surface area (Å²) in [6.45, 7) is 19.2. The SMILES string of the molecule is CC#C[C@@H]([C@H](C)[C@@H](O)CO[Si](C(C)C)(C(C)C)C(C)C)[C@H](C)O. The van der Waals surface area contributed by atoms with Crippen LogP contribution in [0.15, 0.2) is 0 Å². The highest BCUT2D eigenvalue weighted by molar-refractivity contribution is 6.77. The monoisotopic (exact) mass is 342 g/mol. The van der Waals surface area contributed by atoms with Gasteiger partial charge < -0.3 is 14.6 Å². The minimum absolute atomic E-state index is 0.124. The van der Waals surface area contributed by atoms with Crippen molar-refractivity contribution in [2.24, 2.45) is 11.8 Å². The van der Waals surface area contributed by atoms with Crippen molar-refractivity contribution in [2.45, 2.75) is 91.1 Å². The van der Waals surface area contributed by atoms with E-state index in [9.17, 15) is 10.2 Å². The number of aliphatic hydroxyl groups is 2. The zero-order valence-electron chi connectivity index (χ0n) is 16.6. The van der Waals surface area contributed by atoms with E-state index in [1.807, 2.05) is 6.92 Å². The van der Waals surface area contributed by atoms with Crippen LogP contribution in [0.25, 0.3) is 0 Å². The Morgan fingerprint density at radius 3 is 1.61 bits per heavy atom. The molecular weight excluding hydrogens is 304 g/mol. The standard InChI is InChI=1S/C19H38O3Si/c1-10-11-18(17(9)20)16(8)19(21)12-22-23(13(2)3,14(4)5)15(6)7/h13-21H,12H2,1-9H3/t16-,17-,18-,19-/m0/s1. The smallest absolute Gasteiger partial charge is 0.200 e. The van der Waals surface area contributed by atoms with Gasteiger partial charge in [-0.15, -0.1) is 5.92 Å². The summed E-state index contributed by atoms with van der Waals surface area (Å²) in [6, 6.07) is 0. The first-order valence-electron chi connectivity index (χ1n) is 8.94. The van der Waals surface area contributed by atoms with Crippen LogP contribution in [-0.4, -0.2) is 37.3 Å². The second-order valence-electron chi connectivity index (χ2n) is 7.72. The molecule has 0 fully saturated rings. The number of aliphatic hydroxyl groups excluding tert-OH is 2. The van der Waals surface area contributed by atoms with Gasteiger partial charge in [-0.25, -0.2) is 0 Å². The molecule has 0 saturated heterocycles. The summed E-state index contributed by atoms with van der Waals surface area (Å²) in [5.74, 6) is 5.53. The van der Waals surface area contributed by atoms with Crippen molar-refractivity contribution in [2.75, 3.05) is 6.61 Å². The van der Waals surface area contributed by atoms with Crippen LogP contribution in [-0.2, 0) is 4.43 Å². The lowest BCUT2D eigenvalue weighted by molar-refractivity contribution is 0.0147. The molecule has 0 rings (SSSR count). The second-order valence-corrected chi connectivity index (χ2v) is 13.2. The van der Waals surface area contributed by atoms with Crippen LogP contribution in [0.1, 0.15) is 62.3 Å². The lowest BCUT2D eigenvalue weighted by Gasteiger charge is -2.43. The number of rotatable bonds is 9. The van der Waals surface area contributed by atoms with E-state index in [1.165, 1.54) is 0 Å². The summed E-state index contributed by atoms with van der Waals surface area (Å²) in [5, 5.41) is 20.5. The van der Waals surface area contributed by atoms with Gasteiger partial charge in [0.2, 0.25) is 0 Å². The van der Waals surface area contributed by atoms with Crippen LogP contribution < -0.4 is 0 Å². The third-order valence-electron chi connectivity index (χ3n) is 5.22. The Hall–Kier alpha value is -0.343. The molecule has 136 valence electrons. The molecule has 0 aliphatic carbocycles. The van der Waals surface area contributed by atoms with Gasteiger partial charge in [0, 0.05) is 5.92 Å². The summed E-state index contributed by atoms with van der Waals surface area (Å²) >= 11 is 0. The van der Waals surface area contributed by atoms with Crippen molar-refractivity contribution in [3.63, 3.8) is 0 Å². The molecule has 0 radical (unpaired) electrons. The second kappa shape index (κ2) is 9.83. The van der Waals surface area contributed by atoms with Gasteiger partial charge in [-0.1, -0.05) is 54.4 Å². The van der Waals surface area contributed by atoms with Crippen molar-refractivity contribution in [1.82, 2.24) is 0 Å². The van der Waals surface area contributed by atoms with Gasteiger partial charge in [0.15, 0.2) is 8.32 Å². The molecule has 0 aliphatic rings. The summed E-state index contributed by atoms with van der Waals surface area (Å²) < 4.78 is 6.46. The number of hydrogen-bond acceptors (Lipinski definition) is 3. The minimum Gasteiger partial charge on any atom is -0.413 e. The zero-order chi connectivity index (χ0) is 18.4. The summed E-state index contributed by atoms with van der Waals surface area (Å²) in [5.41, 5.74) is 1.48. The molecule has 0 aromatic heterocycles. The minimum atomic E-state index is -1.98. The van der Waals surface area contributed by atoms with E-state index in [0.29, 0.717) is 23.2 Å². The predicted molar refractivity (Wildman–Crippen MR) is 101 cm³/mol. The van der Waals surface area contributed by atoms with Crippen molar-refractivity contribution in [1.29, 1.82) is 0 Å². The fraction of sp³-hybridized carbons (Fsp3) is 0.895. The largest absolute Gasteiger partial charge is 0.413 e. The molecule has 0 amide bonds. The van der Waals surface area contributed by atoms with Crippen molar-refractivity contribution >= 4 is 8.32 Å². The van der Waals surface area contributed by atoms with E-state index in [-0.39, 0.29) is 11.8 Å². The average Bonchev–Trinajstić information content (AvgIpc) is 2.42. The molecule has 0 spiro atoms. The first-order chi connectivity index (χ1) is 10.5. The van der Waals surface area contributed by atoms with Gasteiger partial charge in [0.05, 0.1) is 24.7 Å². The van der Waals surface area contributed by atoms with E-state index in [1.54, 1.807) is 13.8 Å². The van der Waals surface area contributed by atoms with E-state index < -0.39 is 20.5 Å². The molecule has 4 atom stereocenters. The topological polar surface area (TPSA) is 49.7 Å². The van der Waals surface area contributed by atoms with Crippen molar-refractivity contribution in [3.8, 4) is 11.8 Å². The molecular formula is C19H38O3Si. The van der Waals surface area contributed by atoms with Gasteiger partial charge in [-0.05, 0) is 30.5 Å². The third-order valence-corrected chi connectivity index (χ3v) is 11.3. The molecule has 0 heterocycles. The Morgan fingerprint density at radius 1 is 0.870 bits per heavy atom. The first kappa shape index (κ1) is 22.7. The molecule has 0 aliphatic heterocycles. The molecule has 0 bridgehead atoms. The molecule has 0 saturated carbocycles. The molecule has 0 unspecified atom stereocenters. The molecule has 4 heteroatoms. The molecule has 23 heavy (non-hydrogen) atoms. The lowest BCUT2D eigenvalue weighted by Crippen LogP contribution is -2.50. The van der Waals surface area contributed by atoms with Crippen LogP contribution in [0.5, 0.6) is 0 Å². The van der Waals surface area contributed by atoms with E-state index >= 15 is 0 Å². The highest BCUT2D eigenvalue weighted by Crippen LogP contribution is 2.42. The highest BCUT2D eigenvalue weighted by Gasteiger charge is 2.45. The summed E-state index contributed by atoms with van der Waals surface area (Å²) in [4.78, 5) is 0.